The van der Waals surface area contributed by atoms with Crippen LogP contribution in [0.5, 0.6) is 0 Å². The summed E-state index contributed by atoms with van der Waals surface area (Å²) in [5.74, 6) is 0.395. The van der Waals surface area contributed by atoms with E-state index in [0.29, 0.717) is 16.8 Å². The highest BCUT2D eigenvalue weighted by atomic mass is 79.9. The van der Waals surface area contributed by atoms with E-state index in [1.54, 1.807) is 0 Å². The molecule has 1 saturated carbocycles. The molecule has 0 aliphatic heterocycles. The molecule has 4 heteroatoms. The molecule has 2 rings (SSSR count). The molecule has 0 heterocycles. The molecule has 0 aromatic heterocycles. The third-order valence-corrected chi connectivity index (χ3v) is 5.27. The Kier molecular flexibility index (Phi) is 6.18. The highest BCUT2D eigenvalue weighted by Crippen LogP contribution is 2.32. The normalized spacial score (nSPS) is 24.0. The van der Waals surface area contributed by atoms with Crippen LogP contribution in [0.4, 0.5) is 8.78 Å². The number of rotatable bonds is 5. The molecule has 1 atom stereocenters. The maximum atomic E-state index is 14.2. The molecule has 0 spiro atoms. The van der Waals surface area contributed by atoms with E-state index in [4.69, 9.17) is 0 Å². The van der Waals surface area contributed by atoms with E-state index >= 15 is 0 Å². The van der Waals surface area contributed by atoms with E-state index in [2.05, 4.69) is 28.2 Å². The van der Waals surface area contributed by atoms with Crippen molar-refractivity contribution in [3.8, 4) is 0 Å². The molecule has 1 aliphatic carbocycles. The zero-order valence-electron chi connectivity index (χ0n) is 12.8. The summed E-state index contributed by atoms with van der Waals surface area (Å²) in [6.07, 6.45) is 5.15. The van der Waals surface area contributed by atoms with Crippen LogP contribution >= 0.6 is 15.9 Å². The average molecular weight is 360 g/mol. The zero-order valence-corrected chi connectivity index (χ0v) is 14.3. The van der Waals surface area contributed by atoms with Gasteiger partial charge in [0.1, 0.15) is 11.6 Å². The molecule has 1 aromatic rings. The highest BCUT2D eigenvalue weighted by molar-refractivity contribution is 9.10. The third kappa shape index (κ3) is 4.26. The van der Waals surface area contributed by atoms with Gasteiger partial charge in [-0.2, -0.15) is 0 Å². The van der Waals surface area contributed by atoms with Gasteiger partial charge in [-0.05, 0) is 65.7 Å². The number of benzene rings is 1. The Bertz CT molecular complexity index is 470. The molecule has 118 valence electrons. The van der Waals surface area contributed by atoms with Crippen molar-refractivity contribution in [1.29, 1.82) is 0 Å². The van der Waals surface area contributed by atoms with Gasteiger partial charge in [-0.25, -0.2) is 8.78 Å². The molecule has 1 N–H and O–H groups in total. The van der Waals surface area contributed by atoms with Crippen molar-refractivity contribution in [3.63, 3.8) is 0 Å². The van der Waals surface area contributed by atoms with Gasteiger partial charge in [0.2, 0.25) is 0 Å². The molecule has 1 aliphatic rings. The van der Waals surface area contributed by atoms with Crippen LogP contribution in [0, 0.1) is 23.5 Å². The van der Waals surface area contributed by atoms with Crippen LogP contribution in [0.1, 0.15) is 45.1 Å². The molecule has 1 aromatic carbocycles. The predicted octanol–water partition coefficient (Wildman–Crippen LogP) is 5.07. The Labute approximate surface area is 134 Å². The van der Waals surface area contributed by atoms with Crippen LogP contribution in [0.3, 0.4) is 0 Å². The fourth-order valence-corrected chi connectivity index (χ4v) is 3.70. The van der Waals surface area contributed by atoms with Gasteiger partial charge in [0.05, 0.1) is 4.47 Å². The van der Waals surface area contributed by atoms with Gasteiger partial charge in [0.15, 0.2) is 0 Å². The van der Waals surface area contributed by atoms with Crippen molar-refractivity contribution in [3.05, 3.63) is 33.8 Å². The van der Waals surface area contributed by atoms with Crippen molar-refractivity contribution < 1.29 is 8.78 Å². The number of likely N-dealkylation sites (N-methyl/N-ethyl adjacent to an activating group) is 1. The first-order valence-corrected chi connectivity index (χ1v) is 8.68. The lowest BCUT2D eigenvalue weighted by Gasteiger charge is -2.33. The Hall–Kier alpha value is -0.480. The van der Waals surface area contributed by atoms with Gasteiger partial charge in [-0.3, -0.25) is 0 Å². The van der Waals surface area contributed by atoms with Gasteiger partial charge in [-0.1, -0.05) is 26.7 Å². The van der Waals surface area contributed by atoms with E-state index < -0.39 is 11.6 Å². The monoisotopic (exact) mass is 359 g/mol. The molecule has 1 fully saturated rings. The quantitative estimate of drug-likeness (QED) is 0.723. The van der Waals surface area contributed by atoms with Crippen LogP contribution in [-0.4, -0.2) is 12.6 Å². The minimum absolute atomic E-state index is 0.154. The highest BCUT2D eigenvalue weighted by Gasteiger charge is 2.27. The zero-order chi connectivity index (χ0) is 15.4. The van der Waals surface area contributed by atoms with Gasteiger partial charge >= 0.3 is 0 Å². The second kappa shape index (κ2) is 7.68. The fraction of sp³-hybridized carbons (Fsp3) is 0.647. The maximum Gasteiger partial charge on any atom is 0.143 e. The Morgan fingerprint density at radius 2 is 1.90 bits per heavy atom. The van der Waals surface area contributed by atoms with Crippen LogP contribution in [0.15, 0.2) is 16.6 Å². The van der Waals surface area contributed by atoms with E-state index in [9.17, 15) is 8.78 Å². The lowest BCUT2D eigenvalue weighted by Crippen LogP contribution is -2.40. The second-order valence-corrected chi connectivity index (χ2v) is 7.06. The molecule has 21 heavy (non-hydrogen) atoms. The lowest BCUT2D eigenvalue weighted by molar-refractivity contribution is 0.228. The summed E-state index contributed by atoms with van der Waals surface area (Å²) in [5.41, 5.74) is 0.203. The first-order valence-electron chi connectivity index (χ1n) is 7.88. The summed E-state index contributed by atoms with van der Waals surface area (Å²) in [6, 6.07) is 2.92. The van der Waals surface area contributed by atoms with Crippen LogP contribution in [-0.2, 0) is 6.42 Å². The van der Waals surface area contributed by atoms with Crippen molar-refractivity contribution in [2.75, 3.05) is 6.54 Å². The maximum absolute atomic E-state index is 14.2. The van der Waals surface area contributed by atoms with Gasteiger partial charge in [0, 0.05) is 11.6 Å². The van der Waals surface area contributed by atoms with Crippen molar-refractivity contribution >= 4 is 15.9 Å². The average Bonchev–Trinajstić information content (AvgIpc) is 2.47. The molecule has 0 bridgehead atoms. The smallest absolute Gasteiger partial charge is 0.143 e. The van der Waals surface area contributed by atoms with Crippen molar-refractivity contribution in [1.82, 2.24) is 5.32 Å². The fourth-order valence-electron chi connectivity index (χ4n) is 3.33. The third-order valence-electron chi connectivity index (χ3n) is 4.66. The molecular formula is C17H24BrF2N. The summed E-state index contributed by atoms with van der Waals surface area (Å²) < 4.78 is 28.5. The molecule has 1 nitrogen and oxygen atoms in total. The van der Waals surface area contributed by atoms with E-state index in [1.165, 1.54) is 25.0 Å². The van der Waals surface area contributed by atoms with E-state index in [0.717, 1.165) is 25.3 Å². The van der Waals surface area contributed by atoms with E-state index in [1.807, 2.05) is 6.92 Å². The minimum Gasteiger partial charge on any atom is -0.314 e. The summed E-state index contributed by atoms with van der Waals surface area (Å²) in [7, 11) is 0. The standard InChI is InChI=1S/C17H24BrF2N/c1-3-21-16(12-6-4-11(2)5-7-12)10-13-15(19)9-8-14(18)17(13)20/h8-9,11-12,16,21H,3-7,10H2,1-2H3. The Morgan fingerprint density at radius 1 is 1.24 bits per heavy atom. The molecule has 0 radical (unpaired) electrons. The van der Waals surface area contributed by atoms with Gasteiger partial charge < -0.3 is 5.32 Å². The summed E-state index contributed by atoms with van der Waals surface area (Å²) in [4.78, 5) is 0. The van der Waals surface area contributed by atoms with Gasteiger partial charge in [0.25, 0.3) is 0 Å². The number of hydrogen-bond donors (Lipinski definition) is 1. The molecule has 1 unspecified atom stereocenters. The number of nitrogens with one attached hydrogen (secondary N) is 1. The topological polar surface area (TPSA) is 12.0 Å². The summed E-state index contributed by atoms with van der Waals surface area (Å²) >= 11 is 3.15. The van der Waals surface area contributed by atoms with E-state index in [-0.39, 0.29) is 11.6 Å². The molecule has 0 amide bonds. The van der Waals surface area contributed by atoms with Crippen LogP contribution < -0.4 is 5.32 Å². The first kappa shape index (κ1) is 16.9. The molecular weight excluding hydrogens is 336 g/mol. The van der Waals surface area contributed by atoms with Gasteiger partial charge in [-0.15, -0.1) is 0 Å². The van der Waals surface area contributed by atoms with Crippen LogP contribution in [0.2, 0.25) is 0 Å². The summed E-state index contributed by atoms with van der Waals surface area (Å²) in [6.45, 7) is 5.16. The minimum atomic E-state index is -0.456. The lowest BCUT2D eigenvalue weighted by atomic mass is 9.77. The number of halogens is 3. The predicted molar refractivity (Wildman–Crippen MR) is 86.3 cm³/mol. The first-order chi connectivity index (χ1) is 10.0. The Balaban J connectivity index is 2.15. The molecule has 0 saturated heterocycles. The van der Waals surface area contributed by atoms with Crippen molar-refractivity contribution in [2.45, 2.75) is 52.0 Å². The largest absolute Gasteiger partial charge is 0.314 e. The second-order valence-electron chi connectivity index (χ2n) is 6.21. The van der Waals surface area contributed by atoms with Crippen LogP contribution in [0.25, 0.3) is 0 Å². The van der Waals surface area contributed by atoms with Crippen molar-refractivity contribution in [2.24, 2.45) is 11.8 Å². The SMILES string of the molecule is CCNC(Cc1c(F)ccc(Br)c1F)C1CCC(C)CC1. The Morgan fingerprint density at radius 3 is 2.52 bits per heavy atom. The number of hydrogen-bond acceptors (Lipinski definition) is 1. The summed E-state index contributed by atoms with van der Waals surface area (Å²) in [5, 5.41) is 3.44.